The average Bonchev–Trinajstić information content (AvgIpc) is 2.99. The van der Waals surface area contributed by atoms with Crippen molar-refractivity contribution in [1.82, 2.24) is 15.1 Å². The van der Waals surface area contributed by atoms with Crippen molar-refractivity contribution < 1.29 is 4.52 Å². The van der Waals surface area contributed by atoms with Gasteiger partial charge in [-0.05, 0) is 23.6 Å². The molecular weight excluding hydrogens is 248 g/mol. The summed E-state index contributed by atoms with van der Waals surface area (Å²) < 4.78 is 5.20. The fourth-order valence-corrected chi connectivity index (χ4v) is 2.23. The van der Waals surface area contributed by atoms with E-state index in [9.17, 15) is 0 Å². The highest BCUT2D eigenvalue weighted by atomic mass is 32.1. The molecule has 6 heteroatoms. The number of nitrogen functional groups attached to an aromatic ring is 1. The zero-order valence-corrected chi connectivity index (χ0v) is 10.2. The topological polar surface area (TPSA) is 77.8 Å². The van der Waals surface area contributed by atoms with E-state index in [1.807, 2.05) is 29.6 Å². The molecule has 0 aliphatic carbocycles. The molecule has 5 nitrogen and oxygen atoms in total. The number of hydrogen-bond donors (Lipinski definition) is 1. The Balaban J connectivity index is 1.84. The van der Waals surface area contributed by atoms with Gasteiger partial charge >= 0.3 is 0 Å². The third kappa shape index (κ3) is 2.10. The minimum absolute atomic E-state index is 0.458. The summed E-state index contributed by atoms with van der Waals surface area (Å²) in [5.41, 5.74) is 7.51. The summed E-state index contributed by atoms with van der Waals surface area (Å²) in [5, 5.41) is 6.51. The fraction of sp³-hybridized carbons (Fsp3) is 0.0833. The summed E-state index contributed by atoms with van der Waals surface area (Å²) in [4.78, 5) is 8.54. The van der Waals surface area contributed by atoms with Gasteiger partial charge in [0.15, 0.2) is 5.82 Å². The van der Waals surface area contributed by atoms with Crippen LogP contribution < -0.4 is 5.73 Å². The van der Waals surface area contributed by atoms with Crippen LogP contribution in [0.5, 0.6) is 0 Å². The van der Waals surface area contributed by atoms with E-state index in [4.69, 9.17) is 10.3 Å². The summed E-state index contributed by atoms with van der Waals surface area (Å²) in [7, 11) is 0. The Hall–Kier alpha value is -2.21. The lowest BCUT2D eigenvalue weighted by Gasteiger charge is -1.93. The summed E-state index contributed by atoms with van der Waals surface area (Å²) in [6.07, 6.45) is 2.29. The van der Waals surface area contributed by atoms with Crippen LogP contribution in [0.3, 0.4) is 0 Å². The van der Waals surface area contributed by atoms with Crippen molar-refractivity contribution in [1.29, 1.82) is 0 Å². The number of aromatic nitrogens is 3. The predicted octanol–water partition coefficient (Wildman–Crippen LogP) is 2.37. The van der Waals surface area contributed by atoms with Crippen molar-refractivity contribution in [2.24, 2.45) is 0 Å². The van der Waals surface area contributed by atoms with Crippen molar-refractivity contribution >= 4 is 16.3 Å². The molecule has 0 unspecified atom stereocenters. The maximum atomic E-state index is 5.81. The van der Waals surface area contributed by atoms with Crippen molar-refractivity contribution in [3.63, 3.8) is 0 Å². The molecule has 3 heterocycles. The molecule has 3 rings (SSSR count). The third-order valence-electron chi connectivity index (χ3n) is 2.46. The first kappa shape index (κ1) is 10.9. The second-order valence-electron chi connectivity index (χ2n) is 3.71. The van der Waals surface area contributed by atoms with Crippen LogP contribution in [0.1, 0.15) is 11.5 Å². The smallest absolute Gasteiger partial charge is 0.260 e. The number of rotatable bonds is 3. The van der Waals surface area contributed by atoms with Gasteiger partial charge in [0, 0.05) is 11.9 Å². The van der Waals surface area contributed by atoms with Crippen molar-refractivity contribution in [2.75, 3.05) is 5.73 Å². The van der Waals surface area contributed by atoms with Gasteiger partial charge in [-0.1, -0.05) is 11.2 Å². The average molecular weight is 258 g/mol. The largest absolute Gasteiger partial charge is 0.390 e. The molecule has 0 aliphatic rings. The Morgan fingerprint density at radius 3 is 2.94 bits per heavy atom. The summed E-state index contributed by atoms with van der Waals surface area (Å²) in [6.45, 7) is 0. The molecule has 0 radical (unpaired) electrons. The van der Waals surface area contributed by atoms with Gasteiger partial charge in [-0.2, -0.15) is 4.98 Å². The molecule has 0 aliphatic heterocycles. The highest BCUT2D eigenvalue weighted by Gasteiger charge is 2.12. The van der Waals surface area contributed by atoms with Crippen molar-refractivity contribution in [2.45, 2.75) is 6.42 Å². The van der Waals surface area contributed by atoms with E-state index in [0.717, 1.165) is 11.3 Å². The van der Waals surface area contributed by atoms with Gasteiger partial charge in [-0.15, -0.1) is 11.3 Å². The number of anilines is 1. The molecule has 0 fully saturated rings. The molecule has 0 aromatic carbocycles. The molecule has 90 valence electrons. The van der Waals surface area contributed by atoms with E-state index in [2.05, 4.69) is 15.1 Å². The van der Waals surface area contributed by atoms with E-state index >= 15 is 0 Å². The molecule has 3 aromatic heterocycles. The fourth-order valence-electron chi connectivity index (χ4n) is 1.60. The SMILES string of the molecule is Nc1sccc1-c1nc(Cc2ccccn2)no1. The quantitative estimate of drug-likeness (QED) is 0.780. The zero-order chi connectivity index (χ0) is 12.4. The first-order valence-corrected chi connectivity index (χ1v) is 6.27. The molecule has 0 bridgehead atoms. The van der Waals surface area contributed by atoms with Crippen LogP contribution in [0.4, 0.5) is 5.00 Å². The van der Waals surface area contributed by atoms with E-state index in [1.165, 1.54) is 11.3 Å². The van der Waals surface area contributed by atoms with Gasteiger partial charge in [0.25, 0.3) is 5.89 Å². The summed E-state index contributed by atoms with van der Waals surface area (Å²) in [5.74, 6) is 1.06. The van der Waals surface area contributed by atoms with Crippen molar-refractivity contribution in [3.05, 3.63) is 47.4 Å². The Morgan fingerprint density at radius 1 is 1.28 bits per heavy atom. The van der Waals surface area contributed by atoms with Gasteiger partial charge in [0.2, 0.25) is 0 Å². The van der Waals surface area contributed by atoms with Gasteiger partial charge in [-0.3, -0.25) is 4.98 Å². The molecule has 2 N–H and O–H groups in total. The number of nitrogens with two attached hydrogens (primary N) is 1. The molecule has 0 saturated carbocycles. The monoisotopic (exact) mass is 258 g/mol. The van der Waals surface area contributed by atoms with Crippen molar-refractivity contribution in [3.8, 4) is 11.5 Å². The second kappa shape index (κ2) is 4.58. The van der Waals surface area contributed by atoms with Gasteiger partial charge < -0.3 is 10.3 Å². The van der Waals surface area contributed by atoms with E-state index in [1.54, 1.807) is 6.20 Å². The van der Waals surface area contributed by atoms with Crippen LogP contribution in [0, 0.1) is 0 Å². The Morgan fingerprint density at radius 2 is 2.22 bits per heavy atom. The minimum atomic E-state index is 0.458. The maximum Gasteiger partial charge on any atom is 0.260 e. The molecule has 0 saturated heterocycles. The highest BCUT2D eigenvalue weighted by molar-refractivity contribution is 7.14. The predicted molar refractivity (Wildman–Crippen MR) is 69.1 cm³/mol. The molecular formula is C12H10N4OS. The van der Waals surface area contributed by atoms with Gasteiger partial charge in [-0.25, -0.2) is 0 Å². The lowest BCUT2D eigenvalue weighted by molar-refractivity contribution is 0.424. The first-order chi connectivity index (χ1) is 8.83. The van der Waals surface area contributed by atoms with Crippen LogP contribution in [0.2, 0.25) is 0 Å². The van der Waals surface area contributed by atoms with E-state index in [0.29, 0.717) is 23.1 Å². The third-order valence-corrected chi connectivity index (χ3v) is 3.21. The Kier molecular flexibility index (Phi) is 2.77. The van der Waals surface area contributed by atoms with E-state index < -0.39 is 0 Å². The van der Waals surface area contributed by atoms with Crippen LogP contribution in [0.25, 0.3) is 11.5 Å². The second-order valence-corrected chi connectivity index (χ2v) is 4.66. The Labute approximate surface area is 107 Å². The lowest BCUT2D eigenvalue weighted by atomic mass is 10.2. The summed E-state index contributed by atoms with van der Waals surface area (Å²) in [6, 6.07) is 7.60. The van der Waals surface area contributed by atoms with Crippen LogP contribution in [0.15, 0.2) is 40.4 Å². The molecule has 18 heavy (non-hydrogen) atoms. The van der Waals surface area contributed by atoms with Gasteiger partial charge in [0.05, 0.1) is 17.0 Å². The molecule has 0 atom stereocenters. The van der Waals surface area contributed by atoms with Crippen LogP contribution in [-0.2, 0) is 6.42 Å². The van der Waals surface area contributed by atoms with Crippen LogP contribution >= 0.6 is 11.3 Å². The number of hydrogen-bond acceptors (Lipinski definition) is 6. The maximum absolute atomic E-state index is 5.81. The number of nitrogens with zero attached hydrogens (tertiary/aromatic N) is 3. The standard InChI is InChI=1S/C12H10N4OS/c13-11-9(4-6-18-11)12-15-10(16-17-12)7-8-3-1-2-5-14-8/h1-6H,7,13H2. The molecule has 0 amide bonds. The highest BCUT2D eigenvalue weighted by Crippen LogP contribution is 2.29. The lowest BCUT2D eigenvalue weighted by Crippen LogP contribution is -1.93. The first-order valence-electron chi connectivity index (χ1n) is 5.39. The Bertz CT molecular complexity index is 647. The molecule has 3 aromatic rings. The summed E-state index contributed by atoms with van der Waals surface area (Å²) >= 11 is 1.45. The van der Waals surface area contributed by atoms with Gasteiger partial charge in [0.1, 0.15) is 0 Å². The normalized spacial score (nSPS) is 10.7. The van der Waals surface area contributed by atoms with E-state index in [-0.39, 0.29) is 0 Å². The molecule has 0 spiro atoms. The van der Waals surface area contributed by atoms with Crippen LogP contribution in [-0.4, -0.2) is 15.1 Å². The zero-order valence-electron chi connectivity index (χ0n) is 9.41. The minimum Gasteiger partial charge on any atom is -0.390 e. The number of thiophene rings is 1. The number of pyridine rings is 1.